The van der Waals surface area contributed by atoms with Gasteiger partial charge in [-0.05, 0) is 50.2 Å². The van der Waals surface area contributed by atoms with E-state index in [1.807, 2.05) is 32.0 Å². The summed E-state index contributed by atoms with van der Waals surface area (Å²) < 4.78 is 2.17. The Labute approximate surface area is 162 Å². The zero-order valence-corrected chi connectivity index (χ0v) is 15.5. The minimum atomic E-state index is -0.417. The Hall–Kier alpha value is -3.80. The van der Waals surface area contributed by atoms with Crippen LogP contribution in [0.15, 0.2) is 71.9 Å². The van der Waals surface area contributed by atoms with Crippen LogP contribution in [0.4, 0.5) is 11.4 Å². The zero-order valence-electron chi connectivity index (χ0n) is 15.5. The lowest BCUT2D eigenvalue weighted by atomic mass is 10.2. The van der Waals surface area contributed by atoms with Gasteiger partial charge in [0.2, 0.25) is 0 Å². The first-order chi connectivity index (χ1) is 13.5. The molecule has 6 nitrogen and oxygen atoms in total. The summed E-state index contributed by atoms with van der Waals surface area (Å²) in [6.45, 7) is 4.08. The second kappa shape index (κ2) is 7.08. The number of nitro groups is 1. The lowest BCUT2D eigenvalue weighted by molar-refractivity contribution is -0.384. The molecule has 4 aromatic rings. The minimum Gasteiger partial charge on any atom is -0.318 e. The summed E-state index contributed by atoms with van der Waals surface area (Å²) in [6.07, 6.45) is 3.54. The van der Waals surface area contributed by atoms with Crippen LogP contribution in [0, 0.1) is 24.0 Å². The number of rotatable bonds is 4. The molecule has 2 aromatic heterocycles. The molecule has 0 bridgehead atoms. The standard InChI is InChI=1S/C22H18N4O2/c1-15-11-18(14-24-19-6-3-7-21(13-19)26(27)28)16(2)25(15)20-8-9-22-17(12-20)5-4-10-23-22/h3-14H,1-2H3. The Morgan fingerprint density at radius 2 is 1.93 bits per heavy atom. The molecule has 6 heteroatoms. The number of nitro benzene ring substituents is 1. The van der Waals surface area contributed by atoms with Gasteiger partial charge in [-0.25, -0.2) is 0 Å². The fraction of sp³-hybridized carbons (Fsp3) is 0.0909. The number of nitrogens with zero attached hydrogens (tertiary/aromatic N) is 4. The Morgan fingerprint density at radius 3 is 2.75 bits per heavy atom. The van der Waals surface area contributed by atoms with Crippen molar-refractivity contribution in [3.8, 4) is 5.69 Å². The maximum absolute atomic E-state index is 10.9. The van der Waals surface area contributed by atoms with Crippen molar-refractivity contribution < 1.29 is 4.92 Å². The molecule has 0 unspecified atom stereocenters. The molecule has 0 atom stereocenters. The van der Waals surface area contributed by atoms with E-state index in [1.165, 1.54) is 12.1 Å². The highest BCUT2D eigenvalue weighted by molar-refractivity contribution is 5.85. The van der Waals surface area contributed by atoms with Gasteiger partial charge < -0.3 is 4.57 Å². The van der Waals surface area contributed by atoms with E-state index in [0.717, 1.165) is 33.5 Å². The van der Waals surface area contributed by atoms with Gasteiger partial charge in [0.15, 0.2) is 0 Å². The zero-order chi connectivity index (χ0) is 19.7. The summed E-state index contributed by atoms with van der Waals surface area (Å²) in [4.78, 5) is 19.3. The quantitative estimate of drug-likeness (QED) is 0.278. The number of aromatic nitrogens is 2. The number of benzene rings is 2. The first-order valence-electron chi connectivity index (χ1n) is 8.85. The molecule has 0 N–H and O–H groups in total. The third-order valence-electron chi connectivity index (χ3n) is 4.71. The fourth-order valence-corrected chi connectivity index (χ4v) is 3.35. The van der Waals surface area contributed by atoms with Gasteiger partial charge >= 0.3 is 0 Å². The monoisotopic (exact) mass is 370 g/mol. The number of hydrogen-bond donors (Lipinski definition) is 0. The van der Waals surface area contributed by atoms with Crippen molar-refractivity contribution >= 4 is 28.5 Å². The number of fused-ring (bicyclic) bond motifs is 1. The average Bonchev–Trinajstić information content (AvgIpc) is 2.99. The predicted octanol–water partition coefficient (Wildman–Crippen LogP) is 5.30. The van der Waals surface area contributed by atoms with E-state index in [9.17, 15) is 10.1 Å². The summed E-state index contributed by atoms with van der Waals surface area (Å²) in [6, 6.07) is 18.5. The third-order valence-corrected chi connectivity index (χ3v) is 4.71. The van der Waals surface area contributed by atoms with Crippen LogP contribution in [0.25, 0.3) is 16.6 Å². The van der Waals surface area contributed by atoms with E-state index in [1.54, 1.807) is 24.5 Å². The van der Waals surface area contributed by atoms with E-state index in [-0.39, 0.29) is 5.69 Å². The van der Waals surface area contributed by atoms with Crippen LogP contribution >= 0.6 is 0 Å². The van der Waals surface area contributed by atoms with E-state index >= 15 is 0 Å². The van der Waals surface area contributed by atoms with Crippen LogP contribution in [0.5, 0.6) is 0 Å². The molecule has 0 saturated carbocycles. The summed E-state index contributed by atoms with van der Waals surface area (Å²) in [7, 11) is 0. The molecule has 0 aliphatic rings. The van der Waals surface area contributed by atoms with Crippen molar-refractivity contribution in [1.29, 1.82) is 0 Å². The van der Waals surface area contributed by atoms with E-state index in [0.29, 0.717) is 5.69 Å². The van der Waals surface area contributed by atoms with Crippen molar-refractivity contribution in [3.05, 3.63) is 93.9 Å². The number of non-ortho nitro benzene ring substituents is 1. The summed E-state index contributed by atoms with van der Waals surface area (Å²) in [5.41, 5.74) is 5.71. The van der Waals surface area contributed by atoms with Crippen LogP contribution < -0.4 is 0 Å². The van der Waals surface area contributed by atoms with Gasteiger partial charge in [0.05, 0.1) is 16.1 Å². The maximum atomic E-state index is 10.9. The topological polar surface area (TPSA) is 73.3 Å². The molecule has 0 amide bonds. The second-order valence-corrected chi connectivity index (χ2v) is 6.58. The van der Waals surface area contributed by atoms with Crippen LogP contribution in [0.3, 0.4) is 0 Å². The van der Waals surface area contributed by atoms with Crippen molar-refractivity contribution in [2.24, 2.45) is 4.99 Å². The third kappa shape index (κ3) is 3.27. The molecule has 0 fully saturated rings. The first-order valence-corrected chi connectivity index (χ1v) is 8.85. The predicted molar refractivity (Wildman–Crippen MR) is 111 cm³/mol. The molecule has 28 heavy (non-hydrogen) atoms. The Balaban J connectivity index is 1.71. The summed E-state index contributed by atoms with van der Waals surface area (Å²) in [5.74, 6) is 0. The van der Waals surface area contributed by atoms with Gasteiger partial charge in [-0.2, -0.15) is 0 Å². The van der Waals surface area contributed by atoms with E-state index in [2.05, 4.69) is 32.7 Å². The van der Waals surface area contributed by atoms with Gasteiger partial charge in [-0.3, -0.25) is 20.1 Å². The van der Waals surface area contributed by atoms with Crippen molar-refractivity contribution in [3.63, 3.8) is 0 Å². The molecule has 0 spiro atoms. The molecular weight excluding hydrogens is 352 g/mol. The largest absolute Gasteiger partial charge is 0.318 e. The lowest BCUT2D eigenvalue weighted by Gasteiger charge is -2.10. The van der Waals surface area contributed by atoms with Gasteiger partial charge in [0.1, 0.15) is 0 Å². The molecule has 0 aliphatic heterocycles. The number of pyridine rings is 1. The van der Waals surface area contributed by atoms with Crippen molar-refractivity contribution in [2.75, 3.05) is 0 Å². The molecule has 4 rings (SSSR count). The summed E-state index contributed by atoms with van der Waals surface area (Å²) >= 11 is 0. The molecule has 2 heterocycles. The van der Waals surface area contributed by atoms with Gasteiger partial charge in [0.25, 0.3) is 5.69 Å². The molecule has 0 radical (unpaired) electrons. The van der Waals surface area contributed by atoms with Crippen LogP contribution in [0.2, 0.25) is 0 Å². The van der Waals surface area contributed by atoms with Crippen LogP contribution in [-0.4, -0.2) is 20.7 Å². The smallest absolute Gasteiger partial charge is 0.271 e. The average molecular weight is 370 g/mol. The molecule has 138 valence electrons. The maximum Gasteiger partial charge on any atom is 0.271 e. The highest BCUT2D eigenvalue weighted by Gasteiger charge is 2.10. The Kier molecular flexibility index (Phi) is 4.45. The highest BCUT2D eigenvalue weighted by atomic mass is 16.6. The highest BCUT2D eigenvalue weighted by Crippen LogP contribution is 2.24. The Bertz CT molecular complexity index is 1220. The number of aliphatic imine (C=N–C) groups is 1. The van der Waals surface area contributed by atoms with Crippen molar-refractivity contribution in [1.82, 2.24) is 9.55 Å². The molecular formula is C22H18N4O2. The van der Waals surface area contributed by atoms with E-state index in [4.69, 9.17) is 0 Å². The number of hydrogen-bond acceptors (Lipinski definition) is 4. The summed E-state index contributed by atoms with van der Waals surface area (Å²) in [5, 5.41) is 12.0. The second-order valence-electron chi connectivity index (χ2n) is 6.58. The van der Waals surface area contributed by atoms with Gasteiger partial charge in [0, 0.05) is 52.6 Å². The van der Waals surface area contributed by atoms with Gasteiger partial charge in [-0.15, -0.1) is 0 Å². The normalized spacial score (nSPS) is 11.4. The fourth-order valence-electron chi connectivity index (χ4n) is 3.35. The molecule has 2 aromatic carbocycles. The van der Waals surface area contributed by atoms with Crippen molar-refractivity contribution in [2.45, 2.75) is 13.8 Å². The van der Waals surface area contributed by atoms with Crippen LogP contribution in [0.1, 0.15) is 17.0 Å². The molecule has 0 aliphatic carbocycles. The molecule has 0 saturated heterocycles. The van der Waals surface area contributed by atoms with E-state index < -0.39 is 4.92 Å². The lowest BCUT2D eigenvalue weighted by Crippen LogP contribution is -1.99. The number of aryl methyl sites for hydroxylation is 1. The van der Waals surface area contributed by atoms with Crippen LogP contribution in [-0.2, 0) is 0 Å². The first kappa shape index (κ1) is 17.6. The minimum absolute atomic E-state index is 0.0323. The van der Waals surface area contributed by atoms with Gasteiger partial charge in [-0.1, -0.05) is 12.1 Å². The SMILES string of the molecule is Cc1cc(C=Nc2cccc([N+](=O)[O-])c2)c(C)n1-c1ccc2ncccc2c1. The Morgan fingerprint density at radius 1 is 1.07 bits per heavy atom.